The highest BCUT2D eigenvalue weighted by atomic mass is 35.5. The Morgan fingerprint density at radius 3 is 2.95 bits per heavy atom. The summed E-state index contributed by atoms with van der Waals surface area (Å²) in [5, 5.41) is 4.30. The second kappa shape index (κ2) is 7.43. The van der Waals surface area contributed by atoms with Gasteiger partial charge >= 0.3 is 0 Å². The zero-order chi connectivity index (χ0) is 14.5. The molecule has 2 heterocycles. The third-order valence-corrected chi connectivity index (χ3v) is 4.33. The van der Waals surface area contributed by atoms with E-state index in [4.69, 9.17) is 11.6 Å². The lowest BCUT2D eigenvalue weighted by Crippen LogP contribution is -2.40. The summed E-state index contributed by atoms with van der Waals surface area (Å²) >= 11 is 6.05. The number of aromatic nitrogens is 2. The van der Waals surface area contributed by atoms with Gasteiger partial charge in [0.1, 0.15) is 11.0 Å². The van der Waals surface area contributed by atoms with E-state index in [0.29, 0.717) is 5.15 Å². The topological polar surface area (TPSA) is 33.1 Å². The summed E-state index contributed by atoms with van der Waals surface area (Å²) < 4.78 is 1.97. The van der Waals surface area contributed by atoms with Gasteiger partial charge in [-0.15, -0.1) is 0 Å². The average molecular weight is 299 g/mol. The maximum absolute atomic E-state index is 6.05. The van der Waals surface area contributed by atoms with Crippen LogP contribution in [0.25, 0.3) is 0 Å². The molecule has 0 aliphatic carbocycles. The van der Waals surface area contributed by atoms with E-state index in [1.165, 1.54) is 19.4 Å². The molecule has 5 heteroatoms. The summed E-state index contributed by atoms with van der Waals surface area (Å²) in [6.07, 6.45) is 4.36. The van der Waals surface area contributed by atoms with Gasteiger partial charge in [0.05, 0.1) is 12.7 Å². The molecule has 1 unspecified atom stereocenters. The highest BCUT2D eigenvalue weighted by Crippen LogP contribution is 2.19. The van der Waals surface area contributed by atoms with Crippen LogP contribution in [0.5, 0.6) is 0 Å². The number of halogens is 1. The van der Waals surface area contributed by atoms with Gasteiger partial charge < -0.3 is 9.88 Å². The fourth-order valence-corrected chi connectivity index (χ4v) is 2.96. The van der Waals surface area contributed by atoms with Crippen LogP contribution in [0.2, 0.25) is 5.15 Å². The molecular weight excluding hydrogens is 272 g/mol. The van der Waals surface area contributed by atoms with Crippen molar-refractivity contribution >= 4 is 11.6 Å². The first kappa shape index (κ1) is 15.8. The Kier molecular flexibility index (Phi) is 5.87. The molecule has 1 fully saturated rings. The van der Waals surface area contributed by atoms with Crippen LogP contribution < -0.4 is 5.32 Å². The van der Waals surface area contributed by atoms with Gasteiger partial charge in [-0.3, -0.25) is 4.90 Å². The fourth-order valence-electron chi connectivity index (χ4n) is 2.81. The quantitative estimate of drug-likeness (QED) is 0.876. The largest absolute Gasteiger partial charge is 0.321 e. The Hall–Kier alpha value is -0.580. The first-order valence-electron chi connectivity index (χ1n) is 7.65. The van der Waals surface area contributed by atoms with Crippen molar-refractivity contribution in [2.24, 2.45) is 18.9 Å². The molecule has 0 amide bonds. The fraction of sp³-hybridized carbons (Fsp3) is 0.800. The lowest BCUT2D eigenvalue weighted by molar-refractivity contribution is 0.160. The highest BCUT2D eigenvalue weighted by Gasteiger charge is 2.21. The molecule has 1 N–H and O–H groups in total. The molecule has 0 spiro atoms. The summed E-state index contributed by atoms with van der Waals surface area (Å²) in [5.41, 5.74) is 0. The zero-order valence-corrected chi connectivity index (χ0v) is 13.7. The Morgan fingerprint density at radius 1 is 1.50 bits per heavy atom. The second-order valence-electron chi connectivity index (χ2n) is 6.35. The van der Waals surface area contributed by atoms with Crippen molar-refractivity contribution in [1.29, 1.82) is 0 Å². The molecule has 0 bridgehead atoms. The standard InChI is InChI=1S/C15H27ClN4/c1-12(2)7-17-8-13-5-4-6-20(10-13)11-15-18-9-14(16)19(15)3/h9,12-13,17H,4-8,10-11H2,1-3H3. The van der Waals surface area contributed by atoms with Crippen molar-refractivity contribution in [1.82, 2.24) is 19.8 Å². The van der Waals surface area contributed by atoms with Crippen LogP contribution >= 0.6 is 11.6 Å². The zero-order valence-electron chi connectivity index (χ0n) is 12.9. The molecule has 1 aromatic rings. The van der Waals surface area contributed by atoms with Gasteiger partial charge in [0, 0.05) is 13.6 Å². The van der Waals surface area contributed by atoms with Gasteiger partial charge in [-0.25, -0.2) is 4.98 Å². The van der Waals surface area contributed by atoms with E-state index < -0.39 is 0 Å². The van der Waals surface area contributed by atoms with Crippen LogP contribution in [-0.4, -0.2) is 40.6 Å². The van der Waals surface area contributed by atoms with Crippen molar-refractivity contribution < 1.29 is 0 Å². The summed E-state index contributed by atoms with van der Waals surface area (Å²) in [6, 6.07) is 0. The maximum atomic E-state index is 6.05. The molecule has 1 atom stereocenters. The van der Waals surface area contributed by atoms with E-state index in [2.05, 4.69) is 29.0 Å². The molecular formula is C15H27ClN4. The highest BCUT2D eigenvalue weighted by molar-refractivity contribution is 6.29. The number of nitrogens with one attached hydrogen (secondary N) is 1. The summed E-state index contributed by atoms with van der Waals surface area (Å²) in [7, 11) is 1.98. The molecule has 0 radical (unpaired) electrons. The number of imidazole rings is 1. The molecule has 1 aromatic heterocycles. The number of hydrogen-bond acceptors (Lipinski definition) is 3. The van der Waals surface area contributed by atoms with Crippen LogP contribution in [0.15, 0.2) is 6.20 Å². The van der Waals surface area contributed by atoms with Gasteiger partial charge in [-0.1, -0.05) is 25.4 Å². The predicted molar refractivity (Wildman–Crippen MR) is 83.9 cm³/mol. The molecule has 20 heavy (non-hydrogen) atoms. The molecule has 1 saturated heterocycles. The number of nitrogens with zero attached hydrogens (tertiary/aromatic N) is 3. The first-order chi connectivity index (χ1) is 9.56. The van der Waals surface area contributed by atoms with Gasteiger partial charge in [-0.2, -0.15) is 0 Å². The second-order valence-corrected chi connectivity index (χ2v) is 6.74. The minimum atomic E-state index is 0.715. The molecule has 2 rings (SSSR count). The Bertz CT molecular complexity index is 416. The van der Waals surface area contributed by atoms with E-state index in [1.807, 2.05) is 11.6 Å². The van der Waals surface area contributed by atoms with Crippen molar-refractivity contribution in [3.8, 4) is 0 Å². The van der Waals surface area contributed by atoms with E-state index >= 15 is 0 Å². The van der Waals surface area contributed by atoms with Crippen molar-refractivity contribution in [2.45, 2.75) is 33.2 Å². The molecule has 0 aromatic carbocycles. The molecule has 4 nitrogen and oxygen atoms in total. The lowest BCUT2D eigenvalue weighted by atomic mass is 9.98. The Morgan fingerprint density at radius 2 is 2.30 bits per heavy atom. The Labute approximate surface area is 127 Å². The van der Waals surface area contributed by atoms with Crippen LogP contribution in [0, 0.1) is 11.8 Å². The molecule has 1 aliphatic rings. The third kappa shape index (κ3) is 4.47. The number of likely N-dealkylation sites (tertiary alicyclic amines) is 1. The number of rotatable bonds is 6. The molecule has 114 valence electrons. The van der Waals surface area contributed by atoms with E-state index in [0.717, 1.165) is 43.8 Å². The summed E-state index contributed by atoms with van der Waals surface area (Å²) in [6.45, 7) is 10.0. The van der Waals surface area contributed by atoms with E-state index in [9.17, 15) is 0 Å². The molecule has 0 saturated carbocycles. The first-order valence-corrected chi connectivity index (χ1v) is 8.03. The van der Waals surface area contributed by atoms with Gasteiger partial charge in [-0.05, 0) is 44.3 Å². The summed E-state index contributed by atoms with van der Waals surface area (Å²) in [4.78, 5) is 6.90. The van der Waals surface area contributed by atoms with Crippen molar-refractivity contribution in [3.63, 3.8) is 0 Å². The Balaban J connectivity index is 1.80. The minimum Gasteiger partial charge on any atom is -0.321 e. The van der Waals surface area contributed by atoms with Crippen LogP contribution in [0.1, 0.15) is 32.5 Å². The normalized spacial score (nSPS) is 20.8. The smallest absolute Gasteiger partial charge is 0.128 e. The van der Waals surface area contributed by atoms with Gasteiger partial charge in [0.25, 0.3) is 0 Å². The SMILES string of the molecule is CC(C)CNCC1CCCN(Cc2ncc(Cl)n2C)C1. The van der Waals surface area contributed by atoms with Gasteiger partial charge in [0.15, 0.2) is 0 Å². The number of hydrogen-bond donors (Lipinski definition) is 1. The molecule has 1 aliphatic heterocycles. The van der Waals surface area contributed by atoms with Crippen LogP contribution in [0.3, 0.4) is 0 Å². The summed E-state index contributed by atoms with van der Waals surface area (Å²) in [5.74, 6) is 2.55. The predicted octanol–water partition coefficient (Wildman–Crippen LogP) is 2.53. The maximum Gasteiger partial charge on any atom is 0.128 e. The third-order valence-electron chi connectivity index (χ3n) is 3.98. The van der Waals surface area contributed by atoms with Crippen molar-refractivity contribution in [2.75, 3.05) is 26.2 Å². The van der Waals surface area contributed by atoms with Crippen molar-refractivity contribution in [3.05, 3.63) is 17.2 Å². The monoisotopic (exact) mass is 298 g/mol. The number of piperidine rings is 1. The van der Waals surface area contributed by atoms with Gasteiger partial charge in [0.2, 0.25) is 0 Å². The van der Waals surface area contributed by atoms with E-state index in [1.54, 1.807) is 6.20 Å². The lowest BCUT2D eigenvalue weighted by Gasteiger charge is -2.32. The van der Waals surface area contributed by atoms with Crippen LogP contribution in [-0.2, 0) is 13.6 Å². The average Bonchev–Trinajstić information content (AvgIpc) is 2.71. The van der Waals surface area contributed by atoms with E-state index in [-0.39, 0.29) is 0 Å². The van der Waals surface area contributed by atoms with Crippen LogP contribution in [0.4, 0.5) is 0 Å². The minimum absolute atomic E-state index is 0.715.